The average Bonchev–Trinajstić information content (AvgIpc) is 2.44. The lowest BCUT2D eigenvalue weighted by Gasteiger charge is -2.26. The molecule has 0 aliphatic carbocycles. The summed E-state index contributed by atoms with van der Waals surface area (Å²) in [5.41, 5.74) is 0.374. The van der Waals surface area contributed by atoms with Crippen LogP contribution in [0.15, 0.2) is 18.2 Å². The number of para-hydroxylation sites is 1. The summed E-state index contributed by atoms with van der Waals surface area (Å²) in [5.74, 6) is -0.0407. The van der Waals surface area contributed by atoms with Crippen LogP contribution in [-0.2, 0) is 16.6 Å². The molecule has 0 atom stereocenters. The molecule has 22 heavy (non-hydrogen) atoms. The van der Waals surface area contributed by atoms with Gasteiger partial charge in [-0.2, -0.15) is 0 Å². The van der Waals surface area contributed by atoms with Crippen molar-refractivity contribution in [2.45, 2.75) is 51.5 Å². The molecule has 4 N–H and O–H groups in total. The number of aliphatic hydroxyl groups is 2. The summed E-state index contributed by atoms with van der Waals surface area (Å²) in [6.07, 6.45) is 0.575. The Kier molecular flexibility index (Phi) is 5.97. The fourth-order valence-corrected chi connectivity index (χ4v) is 2.17. The van der Waals surface area contributed by atoms with Gasteiger partial charge in [0.05, 0.1) is 18.8 Å². The number of aryl methyl sites for hydroxylation is 1. The Hall–Kier alpha value is -1.59. The Bertz CT molecular complexity index is 516. The van der Waals surface area contributed by atoms with Crippen LogP contribution in [0.1, 0.15) is 45.2 Å². The first kappa shape index (κ1) is 18.5. The third-order valence-corrected chi connectivity index (χ3v) is 3.69. The van der Waals surface area contributed by atoms with Crippen molar-refractivity contribution < 1.29 is 20.1 Å². The number of phenols is 1. The van der Waals surface area contributed by atoms with Crippen molar-refractivity contribution in [3.05, 3.63) is 29.3 Å². The predicted octanol–water partition coefficient (Wildman–Crippen LogP) is 1.48. The highest BCUT2D eigenvalue weighted by Crippen LogP contribution is 2.33. The maximum Gasteiger partial charge on any atom is 0.220 e. The van der Waals surface area contributed by atoms with Crippen LogP contribution >= 0.6 is 0 Å². The molecule has 0 fully saturated rings. The van der Waals surface area contributed by atoms with Crippen LogP contribution in [0.5, 0.6) is 5.75 Å². The van der Waals surface area contributed by atoms with Crippen molar-refractivity contribution in [1.82, 2.24) is 5.32 Å². The molecule has 5 nitrogen and oxygen atoms in total. The lowest BCUT2D eigenvalue weighted by atomic mass is 9.85. The van der Waals surface area contributed by atoms with Crippen molar-refractivity contribution in [3.8, 4) is 5.75 Å². The van der Waals surface area contributed by atoms with Crippen LogP contribution < -0.4 is 5.32 Å². The summed E-state index contributed by atoms with van der Waals surface area (Å²) >= 11 is 0. The molecular formula is C17H27NO4. The van der Waals surface area contributed by atoms with Crippen LogP contribution in [-0.4, -0.2) is 40.0 Å². The number of hydrogen-bond donors (Lipinski definition) is 4. The van der Waals surface area contributed by atoms with Gasteiger partial charge >= 0.3 is 0 Å². The number of aliphatic hydroxyl groups excluding tert-OH is 2. The minimum absolute atomic E-state index is 0.172. The first-order chi connectivity index (χ1) is 10.1. The molecule has 0 saturated carbocycles. The third-order valence-electron chi connectivity index (χ3n) is 3.69. The molecule has 1 aromatic rings. The second kappa shape index (κ2) is 7.11. The van der Waals surface area contributed by atoms with E-state index in [9.17, 15) is 20.1 Å². The fourth-order valence-electron chi connectivity index (χ4n) is 2.17. The molecule has 0 spiro atoms. The van der Waals surface area contributed by atoms with E-state index in [4.69, 9.17) is 0 Å². The smallest absolute Gasteiger partial charge is 0.220 e. The van der Waals surface area contributed by atoms with Gasteiger partial charge in [-0.1, -0.05) is 39.0 Å². The van der Waals surface area contributed by atoms with Crippen molar-refractivity contribution in [1.29, 1.82) is 0 Å². The van der Waals surface area contributed by atoms with E-state index in [1.807, 2.05) is 32.9 Å². The molecule has 0 heterocycles. The minimum atomic E-state index is -1.02. The van der Waals surface area contributed by atoms with E-state index in [2.05, 4.69) is 5.32 Å². The molecule has 1 rings (SSSR count). The van der Waals surface area contributed by atoms with Gasteiger partial charge in [0.2, 0.25) is 5.91 Å². The number of aromatic hydroxyl groups is 1. The van der Waals surface area contributed by atoms with Crippen LogP contribution in [0.3, 0.4) is 0 Å². The summed E-state index contributed by atoms with van der Waals surface area (Å²) in [5, 5.41) is 31.3. The number of nitrogens with one attached hydrogen (secondary N) is 1. The number of amides is 1. The monoisotopic (exact) mass is 309 g/mol. The van der Waals surface area contributed by atoms with Crippen molar-refractivity contribution in [3.63, 3.8) is 0 Å². The number of rotatable bonds is 6. The van der Waals surface area contributed by atoms with Gasteiger partial charge in [-0.15, -0.1) is 0 Å². The lowest BCUT2D eigenvalue weighted by molar-refractivity contribution is -0.124. The molecule has 0 radical (unpaired) electrons. The Balaban J connectivity index is 2.75. The highest BCUT2D eigenvalue weighted by atomic mass is 16.3. The van der Waals surface area contributed by atoms with E-state index in [-0.39, 0.29) is 36.7 Å². The van der Waals surface area contributed by atoms with Gasteiger partial charge in [-0.3, -0.25) is 4.79 Å². The quantitative estimate of drug-likeness (QED) is 0.641. The number of hydrogen-bond acceptors (Lipinski definition) is 4. The van der Waals surface area contributed by atoms with Crippen molar-refractivity contribution in [2.24, 2.45) is 0 Å². The van der Waals surface area contributed by atoms with Gasteiger partial charge in [-0.25, -0.2) is 0 Å². The first-order valence-electron chi connectivity index (χ1n) is 7.47. The van der Waals surface area contributed by atoms with E-state index in [0.717, 1.165) is 11.1 Å². The maximum absolute atomic E-state index is 11.9. The minimum Gasteiger partial charge on any atom is -0.507 e. The number of phenolic OH excluding ortho intramolecular Hbond substituents is 1. The fraction of sp³-hybridized carbons (Fsp3) is 0.588. The molecule has 0 aliphatic heterocycles. The van der Waals surface area contributed by atoms with Gasteiger partial charge in [-0.05, 0) is 29.9 Å². The number of benzene rings is 1. The number of carbonyl (C=O) groups is 1. The van der Waals surface area contributed by atoms with Gasteiger partial charge in [0, 0.05) is 6.42 Å². The van der Waals surface area contributed by atoms with Crippen molar-refractivity contribution in [2.75, 3.05) is 13.2 Å². The maximum atomic E-state index is 11.9. The largest absolute Gasteiger partial charge is 0.507 e. The Morgan fingerprint density at radius 2 is 1.73 bits per heavy atom. The zero-order valence-corrected chi connectivity index (χ0v) is 13.8. The molecule has 0 aromatic heterocycles. The van der Waals surface area contributed by atoms with E-state index < -0.39 is 5.54 Å². The summed E-state index contributed by atoms with van der Waals surface area (Å²) in [6, 6.07) is 5.56. The molecule has 1 amide bonds. The van der Waals surface area contributed by atoms with E-state index in [1.54, 1.807) is 13.0 Å². The highest BCUT2D eigenvalue weighted by molar-refractivity contribution is 5.77. The Morgan fingerprint density at radius 1 is 1.14 bits per heavy atom. The van der Waals surface area contributed by atoms with Gasteiger partial charge in [0.1, 0.15) is 5.75 Å². The summed E-state index contributed by atoms with van der Waals surface area (Å²) < 4.78 is 0. The summed E-state index contributed by atoms with van der Waals surface area (Å²) in [6.45, 7) is 6.97. The first-order valence-corrected chi connectivity index (χ1v) is 7.47. The SMILES string of the molecule is CC(CO)(CO)NC(=O)CCc1cccc(C(C)(C)C)c1O. The normalized spacial score (nSPS) is 12.3. The van der Waals surface area contributed by atoms with Gasteiger partial charge in [0.25, 0.3) is 0 Å². The van der Waals surface area contributed by atoms with Gasteiger partial charge in [0.15, 0.2) is 0 Å². The molecule has 0 bridgehead atoms. The topological polar surface area (TPSA) is 89.8 Å². The summed E-state index contributed by atoms with van der Waals surface area (Å²) in [7, 11) is 0. The average molecular weight is 309 g/mol. The van der Waals surface area contributed by atoms with Crippen LogP contribution in [0.25, 0.3) is 0 Å². The second-order valence-electron chi connectivity index (χ2n) is 6.99. The third kappa shape index (κ3) is 4.71. The molecule has 0 unspecified atom stereocenters. The van der Waals surface area contributed by atoms with Crippen LogP contribution in [0.4, 0.5) is 0 Å². The van der Waals surface area contributed by atoms with E-state index >= 15 is 0 Å². The molecule has 0 aliphatic rings. The van der Waals surface area contributed by atoms with E-state index in [0.29, 0.717) is 6.42 Å². The predicted molar refractivity (Wildman–Crippen MR) is 85.8 cm³/mol. The molecule has 124 valence electrons. The zero-order valence-electron chi connectivity index (χ0n) is 13.8. The molecule has 5 heteroatoms. The number of carbonyl (C=O) groups excluding carboxylic acids is 1. The standard InChI is InChI=1S/C17H27NO4/c1-16(2,3)13-7-5-6-12(15(13)22)8-9-14(21)18-17(4,10-19)11-20/h5-7,19-20,22H,8-11H2,1-4H3,(H,18,21). The molecule has 0 saturated heterocycles. The Morgan fingerprint density at radius 3 is 2.23 bits per heavy atom. The molecular weight excluding hydrogens is 282 g/mol. The van der Waals surface area contributed by atoms with E-state index in [1.165, 1.54) is 0 Å². The zero-order chi connectivity index (χ0) is 17.0. The molecule has 1 aromatic carbocycles. The Labute approximate surface area is 132 Å². The van der Waals surface area contributed by atoms with Crippen LogP contribution in [0.2, 0.25) is 0 Å². The summed E-state index contributed by atoms with van der Waals surface area (Å²) in [4.78, 5) is 11.9. The lowest BCUT2D eigenvalue weighted by Crippen LogP contribution is -2.51. The van der Waals surface area contributed by atoms with Crippen molar-refractivity contribution >= 4 is 5.91 Å². The second-order valence-corrected chi connectivity index (χ2v) is 6.99. The van der Waals surface area contributed by atoms with Crippen LogP contribution in [0, 0.1) is 0 Å². The van der Waals surface area contributed by atoms with Gasteiger partial charge < -0.3 is 20.6 Å². The highest BCUT2D eigenvalue weighted by Gasteiger charge is 2.25.